The molecule has 4 heterocycles. The van der Waals surface area contributed by atoms with E-state index in [1.165, 1.54) is 0 Å². The molecule has 1 aliphatic heterocycles. The van der Waals surface area contributed by atoms with Crippen molar-refractivity contribution in [3.05, 3.63) is 66.5 Å². The van der Waals surface area contributed by atoms with Gasteiger partial charge in [0.25, 0.3) is 5.91 Å². The Hall–Kier alpha value is -2.76. The second-order valence-corrected chi connectivity index (χ2v) is 6.38. The first-order valence-electron chi connectivity index (χ1n) is 8.70. The van der Waals surface area contributed by atoms with E-state index in [1.807, 2.05) is 33.9 Å². The van der Waals surface area contributed by atoms with Crippen LogP contribution in [0.4, 0.5) is 0 Å². The number of nitrogens with zero attached hydrogens (tertiary/aromatic N) is 3. The molecule has 0 N–H and O–H groups in total. The topological polar surface area (TPSA) is 64.4 Å². The van der Waals surface area contributed by atoms with Gasteiger partial charge in [0.05, 0.1) is 25.2 Å². The normalized spacial score (nSPS) is 18.2. The van der Waals surface area contributed by atoms with Crippen LogP contribution in [0.3, 0.4) is 0 Å². The van der Waals surface area contributed by atoms with Crippen molar-refractivity contribution in [2.75, 3.05) is 6.54 Å². The Balaban J connectivity index is 1.54. The lowest BCUT2D eigenvalue weighted by Crippen LogP contribution is -2.34. The van der Waals surface area contributed by atoms with Crippen LogP contribution < -0.4 is 0 Å². The molecule has 0 aromatic carbocycles. The first kappa shape index (κ1) is 15.7. The fourth-order valence-electron chi connectivity index (χ4n) is 3.41. The molecule has 1 saturated heterocycles. The number of carbonyl (C=O) groups is 1. The molecule has 0 saturated carbocycles. The van der Waals surface area contributed by atoms with E-state index in [0.29, 0.717) is 12.3 Å². The summed E-state index contributed by atoms with van der Waals surface area (Å²) in [5.41, 5.74) is 0. The molecule has 6 nitrogen and oxygen atoms in total. The highest BCUT2D eigenvalue weighted by molar-refractivity contribution is 5.91. The zero-order valence-electron chi connectivity index (χ0n) is 14.0. The summed E-state index contributed by atoms with van der Waals surface area (Å²) < 4.78 is 13.3. The maximum absolute atomic E-state index is 13.0. The van der Waals surface area contributed by atoms with Gasteiger partial charge in [-0.25, -0.2) is 4.98 Å². The van der Waals surface area contributed by atoms with Gasteiger partial charge in [-0.2, -0.15) is 0 Å². The average Bonchev–Trinajstić information content (AvgIpc) is 3.36. The highest BCUT2D eigenvalue weighted by Crippen LogP contribution is 2.31. The van der Waals surface area contributed by atoms with Gasteiger partial charge >= 0.3 is 0 Å². The number of hydrogen-bond acceptors (Lipinski definition) is 4. The van der Waals surface area contributed by atoms with E-state index in [4.69, 9.17) is 8.83 Å². The Kier molecular flexibility index (Phi) is 4.41. The molecule has 1 fully saturated rings. The fraction of sp³-hybridized carbons (Fsp3) is 0.368. The van der Waals surface area contributed by atoms with Crippen LogP contribution in [0.1, 0.15) is 53.8 Å². The molecular weight excluding hydrogens is 318 g/mol. The molecule has 3 aromatic heterocycles. The lowest BCUT2D eigenvalue weighted by Gasteiger charge is -2.27. The lowest BCUT2D eigenvalue weighted by molar-refractivity contribution is 0.0624. The largest absolute Gasteiger partial charge is 0.467 e. The van der Waals surface area contributed by atoms with Gasteiger partial charge in [0, 0.05) is 18.9 Å². The molecule has 1 aliphatic rings. The van der Waals surface area contributed by atoms with Gasteiger partial charge in [0.15, 0.2) is 5.76 Å². The molecule has 1 amide bonds. The monoisotopic (exact) mass is 339 g/mol. The van der Waals surface area contributed by atoms with Crippen molar-refractivity contribution >= 4 is 5.91 Å². The molecule has 6 heteroatoms. The van der Waals surface area contributed by atoms with Crippen molar-refractivity contribution in [1.82, 2.24) is 14.5 Å². The Morgan fingerprint density at radius 3 is 3.00 bits per heavy atom. The van der Waals surface area contributed by atoms with Crippen LogP contribution in [0.5, 0.6) is 0 Å². The molecule has 4 rings (SSSR count). The van der Waals surface area contributed by atoms with Crippen LogP contribution in [0.15, 0.2) is 58.1 Å². The maximum Gasteiger partial charge on any atom is 0.290 e. The summed E-state index contributed by atoms with van der Waals surface area (Å²) in [6, 6.07) is 7.42. The number of aromatic nitrogens is 2. The van der Waals surface area contributed by atoms with Gasteiger partial charge in [-0.05, 0) is 37.1 Å². The molecule has 0 bridgehead atoms. The third-order valence-corrected chi connectivity index (χ3v) is 4.66. The van der Waals surface area contributed by atoms with E-state index in [1.54, 1.807) is 24.9 Å². The predicted molar refractivity (Wildman–Crippen MR) is 91.0 cm³/mol. The van der Waals surface area contributed by atoms with Gasteiger partial charge in [0.1, 0.15) is 11.5 Å². The second kappa shape index (κ2) is 7.01. The van der Waals surface area contributed by atoms with Crippen molar-refractivity contribution in [2.24, 2.45) is 0 Å². The number of hydrogen-bond donors (Lipinski definition) is 0. The zero-order valence-corrected chi connectivity index (χ0v) is 14.0. The Morgan fingerprint density at radius 2 is 2.20 bits per heavy atom. The lowest BCUT2D eigenvalue weighted by atomic mass is 10.1. The van der Waals surface area contributed by atoms with E-state index in [0.717, 1.165) is 43.7 Å². The summed E-state index contributed by atoms with van der Waals surface area (Å²) in [6.07, 6.45) is 11.1. The highest BCUT2D eigenvalue weighted by Gasteiger charge is 2.30. The van der Waals surface area contributed by atoms with Crippen LogP contribution in [0, 0.1) is 0 Å². The zero-order chi connectivity index (χ0) is 17.1. The Morgan fingerprint density at radius 1 is 1.24 bits per heavy atom. The summed E-state index contributed by atoms with van der Waals surface area (Å²) >= 11 is 0. The van der Waals surface area contributed by atoms with Crippen molar-refractivity contribution in [1.29, 1.82) is 0 Å². The van der Waals surface area contributed by atoms with Gasteiger partial charge < -0.3 is 18.3 Å². The number of amides is 1. The van der Waals surface area contributed by atoms with Gasteiger partial charge in [-0.1, -0.05) is 12.8 Å². The third kappa shape index (κ3) is 3.38. The Bertz CT molecular complexity index is 805. The van der Waals surface area contributed by atoms with Gasteiger partial charge in [0.2, 0.25) is 0 Å². The summed E-state index contributed by atoms with van der Waals surface area (Å²) in [6.45, 7) is 1.29. The van der Waals surface area contributed by atoms with Crippen molar-refractivity contribution in [2.45, 2.75) is 38.3 Å². The molecule has 130 valence electrons. The number of likely N-dealkylation sites (tertiary alicyclic amines) is 1. The first-order chi connectivity index (χ1) is 12.3. The quantitative estimate of drug-likeness (QED) is 0.724. The van der Waals surface area contributed by atoms with Crippen LogP contribution in [-0.2, 0) is 6.54 Å². The smallest absolute Gasteiger partial charge is 0.290 e. The maximum atomic E-state index is 13.0. The Labute approximate surface area is 146 Å². The molecule has 3 aromatic rings. The standard InChI is InChI=1S/C19H21N3O3/c23-19(18-8-7-15(25-18)13-21-11-9-20-14-21)22-10-3-1-2-5-16(22)17-6-4-12-24-17/h4,6-9,11-12,14,16H,1-3,5,10,13H2/t16-/m0/s1. The molecule has 1 atom stereocenters. The molecular formula is C19H21N3O3. The van der Waals surface area contributed by atoms with Gasteiger partial charge in [-0.15, -0.1) is 0 Å². The summed E-state index contributed by atoms with van der Waals surface area (Å²) in [7, 11) is 0. The van der Waals surface area contributed by atoms with E-state index in [2.05, 4.69) is 4.98 Å². The SMILES string of the molecule is O=C(c1ccc(Cn2ccnc2)o1)N1CCCCC[C@H]1c1ccco1. The minimum atomic E-state index is -0.0693. The number of furan rings is 2. The van der Waals surface area contributed by atoms with Crippen LogP contribution in [0.25, 0.3) is 0 Å². The van der Waals surface area contributed by atoms with Gasteiger partial charge in [-0.3, -0.25) is 4.79 Å². The first-order valence-corrected chi connectivity index (χ1v) is 8.70. The molecule has 0 unspecified atom stereocenters. The van der Waals surface area contributed by atoms with Crippen molar-refractivity contribution < 1.29 is 13.6 Å². The second-order valence-electron chi connectivity index (χ2n) is 6.38. The fourth-order valence-corrected chi connectivity index (χ4v) is 3.41. The van der Waals surface area contributed by atoms with E-state index >= 15 is 0 Å². The predicted octanol–water partition coefficient (Wildman–Crippen LogP) is 3.87. The minimum absolute atomic E-state index is 0.0211. The number of imidazole rings is 1. The van der Waals surface area contributed by atoms with Crippen molar-refractivity contribution in [3.8, 4) is 0 Å². The van der Waals surface area contributed by atoms with E-state index < -0.39 is 0 Å². The van der Waals surface area contributed by atoms with E-state index in [9.17, 15) is 4.79 Å². The van der Waals surface area contributed by atoms with Crippen LogP contribution >= 0.6 is 0 Å². The summed E-state index contributed by atoms with van der Waals surface area (Å²) in [5.74, 6) is 1.90. The minimum Gasteiger partial charge on any atom is -0.467 e. The molecule has 25 heavy (non-hydrogen) atoms. The number of rotatable bonds is 4. The summed E-state index contributed by atoms with van der Waals surface area (Å²) in [5, 5.41) is 0. The van der Waals surface area contributed by atoms with Crippen LogP contribution in [-0.4, -0.2) is 26.9 Å². The third-order valence-electron chi connectivity index (χ3n) is 4.66. The molecule has 0 aliphatic carbocycles. The number of carbonyl (C=O) groups excluding carboxylic acids is 1. The average molecular weight is 339 g/mol. The summed E-state index contributed by atoms with van der Waals surface area (Å²) in [4.78, 5) is 19.0. The highest BCUT2D eigenvalue weighted by atomic mass is 16.4. The molecule has 0 radical (unpaired) electrons. The van der Waals surface area contributed by atoms with Crippen molar-refractivity contribution in [3.63, 3.8) is 0 Å². The van der Waals surface area contributed by atoms with Crippen LogP contribution in [0.2, 0.25) is 0 Å². The van der Waals surface area contributed by atoms with E-state index in [-0.39, 0.29) is 11.9 Å². The molecule has 0 spiro atoms.